The molecule has 26 heavy (non-hydrogen) atoms. The van der Waals surface area contributed by atoms with Gasteiger partial charge in [-0.15, -0.1) is 0 Å². The maximum absolute atomic E-state index is 6.15. The third-order valence-electron chi connectivity index (χ3n) is 5.28. The van der Waals surface area contributed by atoms with Crippen molar-refractivity contribution in [3.63, 3.8) is 0 Å². The number of benzene rings is 1. The van der Waals surface area contributed by atoms with Crippen LogP contribution in [0.3, 0.4) is 0 Å². The predicted molar refractivity (Wildman–Crippen MR) is 103 cm³/mol. The van der Waals surface area contributed by atoms with Crippen molar-refractivity contribution in [1.29, 1.82) is 0 Å². The molecule has 2 aromatic rings. The summed E-state index contributed by atoms with van der Waals surface area (Å²) in [5.74, 6) is 1.87. The Bertz CT molecular complexity index is 879. The summed E-state index contributed by atoms with van der Waals surface area (Å²) in [5, 5.41) is 4.23. The second-order valence-corrected chi connectivity index (χ2v) is 7.10. The van der Waals surface area contributed by atoms with Crippen molar-refractivity contribution in [2.75, 3.05) is 5.73 Å². The number of hydrogen-bond acceptors (Lipinski definition) is 5. The Kier molecular flexibility index (Phi) is 4.53. The number of aromatic nitrogens is 2. The zero-order valence-corrected chi connectivity index (χ0v) is 15.4. The zero-order chi connectivity index (χ0) is 18.1. The minimum atomic E-state index is 0.130. The Labute approximate surface area is 153 Å². The fraction of sp³-hybridized carbons (Fsp3) is 0.429. The average Bonchev–Trinajstić information content (AvgIpc) is 3.32. The van der Waals surface area contributed by atoms with Gasteiger partial charge in [0.05, 0.1) is 11.8 Å². The molecule has 0 fully saturated rings. The third-order valence-corrected chi connectivity index (χ3v) is 5.28. The molecule has 1 unspecified atom stereocenters. The zero-order valence-electron chi connectivity index (χ0n) is 15.4. The maximum atomic E-state index is 6.15. The second kappa shape index (κ2) is 6.98. The van der Waals surface area contributed by atoms with Crippen LogP contribution in [-0.2, 0) is 0 Å². The Morgan fingerprint density at radius 2 is 2.15 bits per heavy atom. The van der Waals surface area contributed by atoms with Crippen molar-refractivity contribution in [3.05, 3.63) is 41.2 Å². The largest absolute Gasteiger partial charge is 0.489 e. The van der Waals surface area contributed by atoms with Crippen LogP contribution in [0.2, 0.25) is 0 Å². The molecular weight excluding hydrogens is 326 g/mol. The van der Waals surface area contributed by atoms with E-state index in [0.29, 0.717) is 23.2 Å². The van der Waals surface area contributed by atoms with E-state index in [1.54, 1.807) is 5.57 Å². The molecule has 1 aromatic heterocycles. The maximum Gasteiger partial charge on any atom is 0.258 e. The number of nitrogens with zero attached hydrogens (tertiary/aromatic N) is 2. The molecule has 0 bridgehead atoms. The topological polar surface area (TPSA) is 74.2 Å². The molecule has 5 nitrogen and oxygen atoms in total. The van der Waals surface area contributed by atoms with Crippen LogP contribution in [0, 0.1) is 0 Å². The first-order valence-electron chi connectivity index (χ1n) is 9.47. The SMILES string of the molecule is CCC(C)Oc1ccc(-c2nc(C3=CCCC4=C3CCC4)no2)cc1N. The monoisotopic (exact) mass is 351 g/mol. The van der Waals surface area contributed by atoms with E-state index in [4.69, 9.17) is 15.0 Å². The van der Waals surface area contributed by atoms with Gasteiger partial charge < -0.3 is 15.0 Å². The molecule has 2 aliphatic rings. The molecule has 4 rings (SSSR count). The molecule has 1 aromatic carbocycles. The van der Waals surface area contributed by atoms with Gasteiger partial charge in [-0.25, -0.2) is 0 Å². The van der Waals surface area contributed by atoms with Gasteiger partial charge in [-0.1, -0.05) is 23.7 Å². The fourth-order valence-electron chi connectivity index (χ4n) is 3.69. The van der Waals surface area contributed by atoms with Gasteiger partial charge >= 0.3 is 0 Å². The summed E-state index contributed by atoms with van der Waals surface area (Å²) >= 11 is 0. The van der Waals surface area contributed by atoms with Crippen LogP contribution >= 0.6 is 0 Å². The number of ether oxygens (including phenoxy) is 1. The lowest BCUT2D eigenvalue weighted by Crippen LogP contribution is -2.10. The van der Waals surface area contributed by atoms with E-state index < -0.39 is 0 Å². The summed E-state index contributed by atoms with van der Waals surface area (Å²) in [7, 11) is 0. The first-order valence-corrected chi connectivity index (χ1v) is 9.47. The van der Waals surface area contributed by atoms with Crippen molar-refractivity contribution in [2.45, 2.75) is 58.5 Å². The summed E-state index contributed by atoms with van der Waals surface area (Å²) < 4.78 is 11.4. The Balaban J connectivity index is 1.59. The van der Waals surface area contributed by atoms with Gasteiger partial charge in [0.2, 0.25) is 5.82 Å². The van der Waals surface area contributed by atoms with Crippen molar-refractivity contribution < 1.29 is 9.26 Å². The van der Waals surface area contributed by atoms with E-state index in [9.17, 15) is 0 Å². The minimum absolute atomic E-state index is 0.130. The number of rotatable bonds is 5. The summed E-state index contributed by atoms with van der Waals surface area (Å²) in [5.41, 5.74) is 11.7. The molecule has 1 atom stereocenters. The summed E-state index contributed by atoms with van der Waals surface area (Å²) in [6, 6.07) is 5.63. The van der Waals surface area contributed by atoms with Gasteiger partial charge in [-0.3, -0.25) is 0 Å². The molecule has 0 spiro atoms. The number of anilines is 1. The standard InChI is InChI=1S/C21H25N3O2/c1-3-13(2)25-19-11-10-15(12-18(19)22)21-23-20(24-26-21)17-9-5-7-14-6-4-8-16(14)17/h9-13H,3-8,22H2,1-2H3. The van der Waals surface area contributed by atoms with Gasteiger partial charge in [0.1, 0.15) is 5.75 Å². The van der Waals surface area contributed by atoms with Crippen molar-refractivity contribution in [3.8, 4) is 17.2 Å². The first kappa shape index (κ1) is 16.9. The normalized spacial score (nSPS) is 17.8. The van der Waals surface area contributed by atoms with Gasteiger partial charge in [0.15, 0.2) is 0 Å². The van der Waals surface area contributed by atoms with Crippen LogP contribution in [0.15, 0.2) is 39.9 Å². The Morgan fingerprint density at radius 3 is 2.96 bits per heavy atom. The molecule has 1 heterocycles. The van der Waals surface area contributed by atoms with Crippen LogP contribution in [0.4, 0.5) is 5.69 Å². The number of hydrogen-bond donors (Lipinski definition) is 1. The highest BCUT2D eigenvalue weighted by Gasteiger charge is 2.25. The summed E-state index contributed by atoms with van der Waals surface area (Å²) in [4.78, 5) is 4.64. The fourth-order valence-corrected chi connectivity index (χ4v) is 3.69. The first-order chi connectivity index (χ1) is 12.7. The van der Waals surface area contributed by atoms with Crippen molar-refractivity contribution in [2.24, 2.45) is 0 Å². The van der Waals surface area contributed by atoms with Gasteiger partial charge in [0.25, 0.3) is 5.89 Å². The van der Waals surface area contributed by atoms with E-state index in [1.807, 2.05) is 25.1 Å². The van der Waals surface area contributed by atoms with Crippen LogP contribution in [-0.4, -0.2) is 16.2 Å². The smallest absolute Gasteiger partial charge is 0.258 e. The summed E-state index contributed by atoms with van der Waals surface area (Å²) in [6.45, 7) is 4.11. The molecule has 0 saturated heterocycles. The van der Waals surface area contributed by atoms with Crippen LogP contribution in [0.5, 0.6) is 5.75 Å². The van der Waals surface area contributed by atoms with Gasteiger partial charge in [0, 0.05) is 11.1 Å². The number of nitrogens with two attached hydrogens (primary N) is 1. The predicted octanol–water partition coefficient (Wildman–Crippen LogP) is 5.15. The molecule has 2 aliphatic carbocycles. The highest BCUT2D eigenvalue weighted by atomic mass is 16.5. The van der Waals surface area contributed by atoms with Gasteiger partial charge in [-0.2, -0.15) is 4.98 Å². The Morgan fingerprint density at radius 1 is 1.27 bits per heavy atom. The van der Waals surface area contributed by atoms with Crippen LogP contribution in [0.25, 0.3) is 17.0 Å². The highest BCUT2D eigenvalue weighted by Crippen LogP contribution is 2.41. The van der Waals surface area contributed by atoms with Crippen LogP contribution < -0.4 is 10.5 Å². The molecule has 5 heteroatoms. The van der Waals surface area contributed by atoms with E-state index in [0.717, 1.165) is 30.4 Å². The van der Waals surface area contributed by atoms with E-state index >= 15 is 0 Å². The molecule has 2 N–H and O–H groups in total. The third kappa shape index (κ3) is 3.14. The highest BCUT2D eigenvalue weighted by molar-refractivity contribution is 5.78. The Hall–Kier alpha value is -2.56. The van der Waals surface area contributed by atoms with Gasteiger partial charge in [-0.05, 0) is 69.2 Å². The molecule has 136 valence electrons. The molecule has 0 radical (unpaired) electrons. The quantitative estimate of drug-likeness (QED) is 0.754. The minimum Gasteiger partial charge on any atom is -0.489 e. The molecular formula is C21H25N3O2. The van der Waals surface area contributed by atoms with E-state index in [1.165, 1.54) is 24.8 Å². The lowest BCUT2D eigenvalue weighted by Gasteiger charge is -2.14. The molecule has 0 aliphatic heterocycles. The molecule has 0 saturated carbocycles. The van der Waals surface area contributed by atoms with Crippen LogP contribution in [0.1, 0.15) is 58.2 Å². The van der Waals surface area contributed by atoms with E-state index in [2.05, 4.69) is 23.1 Å². The second-order valence-electron chi connectivity index (χ2n) is 7.10. The van der Waals surface area contributed by atoms with Crippen molar-refractivity contribution >= 4 is 11.3 Å². The van der Waals surface area contributed by atoms with Crippen molar-refractivity contribution in [1.82, 2.24) is 10.1 Å². The number of allylic oxidation sites excluding steroid dienone is 4. The number of nitrogen functional groups attached to an aromatic ring is 1. The molecule has 0 amide bonds. The summed E-state index contributed by atoms with van der Waals surface area (Å²) in [6.07, 6.45) is 9.12. The van der Waals surface area contributed by atoms with E-state index in [-0.39, 0.29) is 6.10 Å². The lowest BCUT2D eigenvalue weighted by molar-refractivity contribution is 0.219. The lowest BCUT2D eigenvalue weighted by atomic mass is 9.92. The average molecular weight is 351 g/mol.